The quantitative estimate of drug-likeness (QED) is 0.782. The lowest BCUT2D eigenvalue weighted by Gasteiger charge is -2.25. The van der Waals surface area contributed by atoms with Crippen LogP contribution in [0.15, 0.2) is 53.0 Å². The molecule has 2 aromatic carbocycles. The van der Waals surface area contributed by atoms with Gasteiger partial charge in [0, 0.05) is 22.3 Å². The van der Waals surface area contributed by atoms with Crippen LogP contribution in [0.4, 0.5) is 5.69 Å². The fourth-order valence-electron chi connectivity index (χ4n) is 2.77. The molecule has 2 atom stereocenters. The van der Waals surface area contributed by atoms with E-state index in [-0.39, 0.29) is 12.3 Å². The van der Waals surface area contributed by atoms with E-state index in [0.29, 0.717) is 0 Å². The number of nitrogens with zero attached hydrogens (tertiary/aromatic N) is 1. The highest BCUT2D eigenvalue weighted by molar-refractivity contribution is 9.10. The fraction of sp³-hybridized carbons (Fsp3) is 0.333. The summed E-state index contributed by atoms with van der Waals surface area (Å²) in [5, 5.41) is 0. The van der Waals surface area contributed by atoms with Gasteiger partial charge in [0.05, 0.1) is 13.2 Å². The largest absolute Gasteiger partial charge is 0.497 e. The van der Waals surface area contributed by atoms with E-state index in [1.54, 1.807) is 7.11 Å². The van der Waals surface area contributed by atoms with E-state index in [0.717, 1.165) is 28.9 Å². The van der Waals surface area contributed by atoms with Gasteiger partial charge in [0.25, 0.3) is 0 Å². The zero-order valence-corrected chi connectivity index (χ0v) is 14.4. The third kappa shape index (κ3) is 3.13. The van der Waals surface area contributed by atoms with Crippen molar-refractivity contribution in [2.75, 3.05) is 18.6 Å². The van der Waals surface area contributed by atoms with Gasteiger partial charge in [0.15, 0.2) is 6.23 Å². The maximum atomic E-state index is 6.25. The van der Waals surface area contributed by atoms with Crippen LogP contribution >= 0.6 is 15.9 Å². The fourth-order valence-corrected chi connectivity index (χ4v) is 3.19. The van der Waals surface area contributed by atoms with Crippen molar-refractivity contribution in [1.29, 1.82) is 0 Å². The molecule has 116 valence electrons. The summed E-state index contributed by atoms with van der Waals surface area (Å²) in [6.07, 6.45) is 1.22. The van der Waals surface area contributed by atoms with E-state index in [9.17, 15) is 0 Å². The first kappa shape index (κ1) is 15.4. The molecule has 1 aliphatic heterocycles. The molecule has 2 aromatic rings. The standard InChI is InChI=1S/C18H20BrNO2/c1-3-16-12-20(15-7-9-17(21-2)10-8-15)18(22-16)13-5-4-6-14(19)11-13/h4-11,16,18H,3,12H2,1-2H3. The molecule has 0 amide bonds. The molecule has 0 aliphatic carbocycles. The van der Waals surface area contributed by atoms with Gasteiger partial charge in [-0.1, -0.05) is 35.0 Å². The Labute approximate surface area is 140 Å². The first-order chi connectivity index (χ1) is 10.7. The van der Waals surface area contributed by atoms with Crippen LogP contribution in [-0.4, -0.2) is 19.8 Å². The van der Waals surface area contributed by atoms with E-state index in [1.807, 2.05) is 24.3 Å². The zero-order chi connectivity index (χ0) is 15.5. The maximum absolute atomic E-state index is 6.25. The van der Waals surface area contributed by atoms with Crippen molar-refractivity contribution >= 4 is 21.6 Å². The zero-order valence-electron chi connectivity index (χ0n) is 12.8. The van der Waals surface area contributed by atoms with Crippen molar-refractivity contribution in [1.82, 2.24) is 0 Å². The normalized spacial score (nSPS) is 21.1. The Kier molecular flexibility index (Phi) is 4.69. The highest BCUT2D eigenvalue weighted by Gasteiger charge is 2.33. The van der Waals surface area contributed by atoms with E-state index in [4.69, 9.17) is 9.47 Å². The predicted octanol–water partition coefficient (Wildman–Crippen LogP) is 4.77. The van der Waals surface area contributed by atoms with Crippen LogP contribution in [-0.2, 0) is 4.74 Å². The van der Waals surface area contributed by atoms with Crippen LogP contribution < -0.4 is 9.64 Å². The lowest BCUT2D eigenvalue weighted by Crippen LogP contribution is -2.24. The molecule has 1 fully saturated rings. The monoisotopic (exact) mass is 361 g/mol. The summed E-state index contributed by atoms with van der Waals surface area (Å²) in [4.78, 5) is 2.31. The molecule has 0 radical (unpaired) electrons. The Bertz CT molecular complexity index is 629. The number of benzene rings is 2. The Morgan fingerprint density at radius 1 is 1.23 bits per heavy atom. The lowest BCUT2D eigenvalue weighted by molar-refractivity contribution is 0.0462. The second kappa shape index (κ2) is 6.71. The van der Waals surface area contributed by atoms with Crippen molar-refractivity contribution in [3.05, 3.63) is 58.6 Å². The molecule has 0 aromatic heterocycles. The average molecular weight is 362 g/mol. The Hall–Kier alpha value is -1.52. The van der Waals surface area contributed by atoms with Crippen LogP contribution in [0.5, 0.6) is 5.75 Å². The predicted molar refractivity (Wildman–Crippen MR) is 92.4 cm³/mol. The number of hydrogen-bond acceptors (Lipinski definition) is 3. The Morgan fingerprint density at radius 2 is 2.00 bits per heavy atom. The number of halogens is 1. The third-order valence-corrected chi connectivity index (χ3v) is 4.49. The minimum atomic E-state index is -0.0455. The van der Waals surface area contributed by atoms with Gasteiger partial charge in [-0.3, -0.25) is 0 Å². The summed E-state index contributed by atoms with van der Waals surface area (Å²) in [7, 11) is 1.69. The number of hydrogen-bond donors (Lipinski definition) is 0. The molecule has 1 heterocycles. The molecule has 3 rings (SSSR count). The molecule has 1 aliphatic rings. The minimum Gasteiger partial charge on any atom is -0.497 e. The molecule has 0 N–H and O–H groups in total. The summed E-state index contributed by atoms with van der Waals surface area (Å²) in [6, 6.07) is 16.5. The molecule has 4 heteroatoms. The van der Waals surface area contributed by atoms with Crippen LogP contribution in [0.2, 0.25) is 0 Å². The third-order valence-electron chi connectivity index (χ3n) is 4.00. The van der Waals surface area contributed by atoms with Gasteiger partial charge in [0.1, 0.15) is 5.75 Å². The average Bonchev–Trinajstić information content (AvgIpc) is 2.99. The Morgan fingerprint density at radius 3 is 2.64 bits per heavy atom. The van der Waals surface area contributed by atoms with E-state index >= 15 is 0 Å². The van der Waals surface area contributed by atoms with Crippen LogP contribution in [0.1, 0.15) is 25.1 Å². The van der Waals surface area contributed by atoms with Gasteiger partial charge in [0.2, 0.25) is 0 Å². The molecule has 3 nitrogen and oxygen atoms in total. The lowest BCUT2D eigenvalue weighted by atomic mass is 10.1. The highest BCUT2D eigenvalue weighted by atomic mass is 79.9. The van der Waals surface area contributed by atoms with Crippen molar-refractivity contribution in [2.24, 2.45) is 0 Å². The van der Waals surface area contributed by atoms with Crippen molar-refractivity contribution < 1.29 is 9.47 Å². The molecule has 0 spiro atoms. The van der Waals surface area contributed by atoms with E-state index < -0.39 is 0 Å². The summed E-state index contributed by atoms with van der Waals surface area (Å²) in [5.74, 6) is 0.870. The highest BCUT2D eigenvalue weighted by Crippen LogP contribution is 2.36. The van der Waals surface area contributed by atoms with Gasteiger partial charge in [-0.2, -0.15) is 0 Å². The van der Waals surface area contributed by atoms with Gasteiger partial charge in [-0.15, -0.1) is 0 Å². The van der Waals surface area contributed by atoms with Gasteiger partial charge in [-0.05, 0) is 42.8 Å². The van der Waals surface area contributed by atoms with Gasteiger partial charge >= 0.3 is 0 Å². The number of anilines is 1. The first-order valence-electron chi connectivity index (χ1n) is 7.53. The molecule has 0 bridgehead atoms. The second-order valence-electron chi connectivity index (χ2n) is 5.42. The first-order valence-corrected chi connectivity index (χ1v) is 8.32. The summed E-state index contributed by atoms with van der Waals surface area (Å²) < 4.78 is 12.6. The molecular formula is C18H20BrNO2. The smallest absolute Gasteiger partial charge is 0.157 e. The van der Waals surface area contributed by atoms with Crippen molar-refractivity contribution in [3.8, 4) is 5.75 Å². The van der Waals surface area contributed by atoms with Gasteiger partial charge < -0.3 is 14.4 Å². The molecule has 0 saturated carbocycles. The van der Waals surface area contributed by atoms with Gasteiger partial charge in [-0.25, -0.2) is 0 Å². The number of ether oxygens (including phenoxy) is 2. The van der Waals surface area contributed by atoms with Crippen LogP contribution in [0.25, 0.3) is 0 Å². The van der Waals surface area contributed by atoms with E-state index in [2.05, 4.69) is 52.0 Å². The number of methoxy groups -OCH3 is 1. The minimum absolute atomic E-state index is 0.0455. The van der Waals surface area contributed by atoms with Crippen LogP contribution in [0.3, 0.4) is 0 Å². The summed E-state index contributed by atoms with van der Waals surface area (Å²) in [6.45, 7) is 3.07. The van der Waals surface area contributed by atoms with Crippen molar-refractivity contribution in [2.45, 2.75) is 25.7 Å². The van der Waals surface area contributed by atoms with Crippen molar-refractivity contribution in [3.63, 3.8) is 0 Å². The van der Waals surface area contributed by atoms with Crippen LogP contribution in [0, 0.1) is 0 Å². The maximum Gasteiger partial charge on any atom is 0.157 e. The molecule has 22 heavy (non-hydrogen) atoms. The summed E-state index contributed by atoms with van der Waals surface area (Å²) >= 11 is 3.55. The second-order valence-corrected chi connectivity index (χ2v) is 6.34. The molecule has 2 unspecified atom stereocenters. The van der Waals surface area contributed by atoms with E-state index in [1.165, 1.54) is 5.56 Å². The SMILES string of the molecule is CCC1CN(c2ccc(OC)cc2)C(c2cccc(Br)c2)O1. The summed E-state index contributed by atoms with van der Waals surface area (Å²) in [5.41, 5.74) is 2.32. The Balaban J connectivity index is 1.91. The molecule has 1 saturated heterocycles. The number of rotatable bonds is 4. The molecular weight excluding hydrogens is 342 g/mol. The topological polar surface area (TPSA) is 21.7 Å².